The molecular weight excluding hydrogens is 154 g/mol. The van der Waals surface area contributed by atoms with E-state index < -0.39 is 0 Å². The minimum absolute atomic E-state index is 0.0517. The number of rotatable bonds is 0. The second kappa shape index (κ2) is 2.14. The number of anilines is 1. The average Bonchev–Trinajstić information content (AvgIpc) is 2.48. The number of nitrogens with one attached hydrogen (secondary N) is 1. The van der Waals surface area contributed by atoms with Gasteiger partial charge in [-0.3, -0.25) is 4.79 Å². The molecule has 2 heterocycles. The molecule has 0 atom stereocenters. The summed E-state index contributed by atoms with van der Waals surface area (Å²) in [7, 11) is 1.68. The van der Waals surface area contributed by atoms with Gasteiger partial charge in [-0.2, -0.15) is 0 Å². The van der Waals surface area contributed by atoms with E-state index >= 15 is 0 Å². The quantitative estimate of drug-likeness (QED) is 0.592. The predicted molar refractivity (Wildman–Crippen MR) is 48.0 cm³/mol. The van der Waals surface area contributed by atoms with Crippen LogP contribution >= 0.6 is 0 Å². The molecule has 0 aliphatic heterocycles. The van der Waals surface area contributed by atoms with Gasteiger partial charge in [0.15, 0.2) is 0 Å². The summed E-state index contributed by atoms with van der Waals surface area (Å²) < 4.78 is 1.47. The van der Waals surface area contributed by atoms with Crippen molar-refractivity contribution in [3.05, 3.63) is 28.8 Å². The zero-order chi connectivity index (χ0) is 8.72. The Morgan fingerprint density at radius 1 is 1.58 bits per heavy atom. The maximum atomic E-state index is 11.4. The highest BCUT2D eigenvalue weighted by Gasteiger charge is 2.03. The first-order chi connectivity index (χ1) is 5.70. The summed E-state index contributed by atoms with van der Waals surface area (Å²) in [4.78, 5) is 14.3. The first-order valence-electron chi connectivity index (χ1n) is 3.62. The van der Waals surface area contributed by atoms with Crippen molar-refractivity contribution in [1.29, 1.82) is 0 Å². The molecular formula is C8H9N3O. The van der Waals surface area contributed by atoms with Crippen LogP contribution in [0.3, 0.4) is 0 Å². The molecule has 0 radical (unpaired) electrons. The smallest absolute Gasteiger partial charge is 0.274 e. The van der Waals surface area contributed by atoms with Crippen LogP contribution in [-0.2, 0) is 7.05 Å². The zero-order valence-corrected chi connectivity index (χ0v) is 6.66. The number of pyridine rings is 1. The van der Waals surface area contributed by atoms with Crippen LogP contribution < -0.4 is 11.3 Å². The van der Waals surface area contributed by atoms with Gasteiger partial charge in [0.25, 0.3) is 5.56 Å². The molecule has 4 nitrogen and oxygen atoms in total. The number of hydrogen-bond acceptors (Lipinski definition) is 2. The Morgan fingerprint density at radius 3 is 3.08 bits per heavy atom. The van der Waals surface area contributed by atoms with Crippen LogP contribution in [0, 0.1) is 0 Å². The SMILES string of the molecule is Cn1cc(N)c2cc[nH]c2c1=O. The minimum Gasteiger partial charge on any atom is -0.397 e. The van der Waals surface area contributed by atoms with Gasteiger partial charge in [-0.25, -0.2) is 0 Å². The number of aromatic nitrogens is 2. The Morgan fingerprint density at radius 2 is 2.33 bits per heavy atom. The molecule has 0 aliphatic carbocycles. The molecule has 0 fully saturated rings. The van der Waals surface area contributed by atoms with Crippen LogP contribution in [0.15, 0.2) is 23.3 Å². The maximum absolute atomic E-state index is 11.4. The summed E-state index contributed by atoms with van der Waals surface area (Å²) in [5.41, 5.74) is 6.82. The van der Waals surface area contributed by atoms with Gasteiger partial charge >= 0.3 is 0 Å². The number of nitrogens with two attached hydrogens (primary N) is 1. The predicted octanol–water partition coefficient (Wildman–Crippen LogP) is 0.449. The van der Waals surface area contributed by atoms with E-state index in [9.17, 15) is 4.79 Å². The largest absolute Gasteiger partial charge is 0.397 e. The van der Waals surface area contributed by atoms with Gasteiger partial charge in [-0.05, 0) is 6.07 Å². The van der Waals surface area contributed by atoms with Crippen LogP contribution in [0.25, 0.3) is 10.9 Å². The van der Waals surface area contributed by atoms with Crippen molar-refractivity contribution in [2.75, 3.05) is 5.73 Å². The van der Waals surface area contributed by atoms with Crippen molar-refractivity contribution in [2.45, 2.75) is 0 Å². The molecule has 0 amide bonds. The Bertz CT molecular complexity index is 480. The van der Waals surface area contributed by atoms with E-state index in [-0.39, 0.29) is 5.56 Å². The van der Waals surface area contributed by atoms with E-state index in [1.807, 2.05) is 0 Å². The molecule has 0 unspecified atom stereocenters. The molecule has 62 valence electrons. The minimum atomic E-state index is -0.0517. The van der Waals surface area contributed by atoms with Gasteiger partial charge in [-0.15, -0.1) is 0 Å². The van der Waals surface area contributed by atoms with Crippen molar-refractivity contribution in [3.63, 3.8) is 0 Å². The Kier molecular flexibility index (Phi) is 1.24. The van der Waals surface area contributed by atoms with E-state index in [4.69, 9.17) is 5.73 Å². The van der Waals surface area contributed by atoms with E-state index in [0.29, 0.717) is 11.2 Å². The maximum Gasteiger partial charge on any atom is 0.274 e. The Balaban J connectivity index is 3.07. The van der Waals surface area contributed by atoms with Crippen LogP contribution in [0.1, 0.15) is 0 Å². The molecule has 2 aromatic rings. The molecule has 3 N–H and O–H groups in total. The number of H-pyrrole nitrogens is 1. The number of hydrogen-bond donors (Lipinski definition) is 2. The third-order valence-corrected chi connectivity index (χ3v) is 1.92. The molecule has 0 aliphatic rings. The fourth-order valence-corrected chi connectivity index (χ4v) is 1.30. The lowest BCUT2D eigenvalue weighted by molar-refractivity contribution is 0.873. The zero-order valence-electron chi connectivity index (χ0n) is 6.66. The van der Waals surface area contributed by atoms with Crippen LogP contribution in [-0.4, -0.2) is 9.55 Å². The normalized spacial score (nSPS) is 10.8. The summed E-state index contributed by atoms with van der Waals surface area (Å²) in [6.45, 7) is 0. The van der Waals surface area contributed by atoms with E-state index in [1.165, 1.54) is 4.57 Å². The fourth-order valence-electron chi connectivity index (χ4n) is 1.30. The topological polar surface area (TPSA) is 63.8 Å². The lowest BCUT2D eigenvalue weighted by atomic mass is 10.3. The van der Waals surface area contributed by atoms with Crippen molar-refractivity contribution in [2.24, 2.45) is 7.05 Å². The number of fused-ring (bicyclic) bond motifs is 1. The summed E-state index contributed by atoms with van der Waals surface area (Å²) in [6.07, 6.45) is 3.33. The lowest BCUT2D eigenvalue weighted by Crippen LogP contribution is -2.16. The first-order valence-corrected chi connectivity index (χ1v) is 3.62. The summed E-state index contributed by atoms with van der Waals surface area (Å²) >= 11 is 0. The number of aryl methyl sites for hydroxylation is 1. The molecule has 4 heteroatoms. The molecule has 0 saturated carbocycles. The lowest BCUT2D eigenvalue weighted by Gasteiger charge is -1.99. The second-order valence-electron chi connectivity index (χ2n) is 2.77. The van der Waals surface area contributed by atoms with E-state index in [1.54, 1.807) is 25.5 Å². The van der Waals surface area contributed by atoms with Gasteiger partial charge in [0.1, 0.15) is 5.52 Å². The summed E-state index contributed by atoms with van der Waals surface area (Å²) in [5, 5.41) is 0.790. The molecule has 0 aromatic carbocycles. The standard InChI is InChI=1S/C8H9N3O/c1-11-4-6(9)5-2-3-10-7(5)8(11)12/h2-4,10H,9H2,1H3. The second-order valence-corrected chi connectivity index (χ2v) is 2.77. The third-order valence-electron chi connectivity index (χ3n) is 1.92. The van der Waals surface area contributed by atoms with Crippen molar-refractivity contribution in [1.82, 2.24) is 9.55 Å². The fraction of sp³-hybridized carbons (Fsp3) is 0.125. The monoisotopic (exact) mass is 163 g/mol. The molecule has 0 saturated heterocycles. The molecule has 12 heavy (non-hydrogen) atoms. The number of nitrogens with zero attached hydrogens (tertiary/aromatic N) is 1. The molecule has 0 spiro atoms. The van der Waals surface area contributed by atoms with E-state index in [2.05, 4.69) is 4.98 Å². The van der Waals surface area contributed by atoms with Crippen molar-refractivity contribution >= 4 is 16.6 Å². The highest BCUT2D eigenvalue weighted by molar-refractivity contribution is 5.89. The van der Waals surface area contributed by atoms with Gasteiger partial charge < -0.3 is 15.3 Å². The van der Waals surface area contributed by atoms with Gasteiger partial charge in [0, 0.05) is 24.8 Å². The Labute approximate surface area is 68.6 Å². The van der Waals surface area contributed by atoms with Crippen LogP contribution in [0.5, 0.6) is 0 Å². The highest BCUT2D eigenvalue weighted by atomic mass is 16.1. The number of aromatic amines is 1. The van der Waals surface area contributed by atoms with Crippen molar-refractivity contribution < 1.29 is 0 Å². The van der Waals surface area contributed by atoms with Crippen LogP contribution in [0.4, 0.5) is 5.69 Å². The Hall–Kier alpha value is -1.71. The summed E-state index contributed by atoms with van der Waals surface area (Å²) in [6, 6.07) is 1.80. The molecule has 2 aromatic heterocycles. The van der Waals surface area contributed by atoms with E-state index in [0.717, 1.165) is 5.39 Å². The van der Waals surface area contributed by atoms with Crippen LogP contribution in [0.2, 0.25) is 0 Å². The molecule has 2 rings (SSSR count). The van der Waals surface area contributed by atoms with Gasteiger partial charge in [-0.1, -0.05) is 0 Å². The summed E-state index contributed by atoms with van der Waals surface area (Å²) in [5.74, 6) is 0. The van der Waals surface area contributed by atoms with Gasteiger partial charge in [0.05, 0.1) is 5.69 Å². The molecule has 0 bridgehead atoms. The highest BCUT2D eigenvalue weighted by Crippen LogP contribution is 2.14. The number of nitrogen functional groups attached to an aromatic ring is 1. The van der Waals surface area contributed by atoms with Crippen molar-refractivity contribution in [3.8, 4) is 0 Å². The average molecular weight is 163 g/mol. The first kappa shape index (κ1) is 6.97. The van der Waals surface area contributed by atoms with Gasteiger partial charge in [0.2, 0.25) is 0 Å². The third kappa shape index (κ3) is 0.747.